The van der Waals surface area contributed by atoms with Crippen molar-refractivity contribution < 1.29 is 4.79 Å². The van der Waals surface area contributed by atoms with Crippen LogP contribution in [0.4, 0.5) is 0 Å². The van der Waals surface area contributed by atoms with Gasteiger partial charge in [-0.3, -0.25) is 4.79 Å². The summed E-state index contributed by atoms with van der Waals surface area (Å²) in [7, 11) is 0. The summed E-state index contributed by atoms with van der Waals surface area (Å²) in [5.41, 5.74) is 6.70. The third-order valence-corrected chi connectivity index (χ3v) is 5.42. The molecule has 2 heterocycles. The van der Waals surface area contributed by atoms with Crippen molar-refractivity contribution in [2.24, 2.45) is 17.1 Å². The fourth-order valence-electron chi connectivity index (χ4n) is 2.92. The predicted octanol–water partition coefficient (Wildman–Crippen LogP) is 3.45. The average Bonchev–Trinajstić information content (AvgIpc) is 2.74. The van der Waals surface area contributed by atoms with E-state index in [9.17, 15) is 4.79 Å². The lowest BCUT2D eigenvalue weighted by Crippen LogP contribution is -2.32. The molecule has 2 unspecified atom stereocenters. The molecular formula is C16H27N3OS. The second-order valence-corrected chi connectivity index (χ2v) is 8.04. The Bertz CT molecular complexity index is 490. The third-order valence-electron chi connectivity index (χ3n) is 4.37. The maximum Gasteiger partial charge on any atom is 0.273 e. The van der Waals surface area contributed by atoms with E-state index in [1.54, 1.807) is 0 Å². The molecule has 5 heteroatoms. The van der Waals surface area contributed by atoms with Crippen LogP contribution in [0.3, 0.4) is 0 Å². The molecule has 1 amide bonds. The number of carbonyl (C=O) groups is 1. The molecule has 1 aromatic heterocycles. The second kappa shape index (κ2) is 6.44. The molecule has 0 saturated carbocycles. The van der Waals surface area contributed by atoms with Crippen LogP contribution in [0.5, 0.6) is 0 Å². The molecule has 1 saturated heterocycles. The van der Waals surface area contributed by atoms with Crippen LogP contribution in [0.25, 0.3) is 0 Å². The maximum absolute atomic E-state index is 12.6. The van der Waals surface area contributed by atoms with Crippen LogP contribution in [0, 0.1) is 11.3 Å². The van der Waals surface area contributed by atoms with Gasteiger partial charge in [-0.15, -0.1) is 11.3 Å². The van der Waals surface area contributed by atoms with E-state index < -0.39 is 0 Å². The maximum atomic E-state index is 12.6. The molecule has 2 N–H and O–H groups in total. The van der Waals surface area contributed by atoms with Crippen molar-refractivity contribution in [1.29, 1.82) is 0 Å². The van der Waals surface area contributed by atoms with Gasteiger partial charge in [-0.2, -0.15) is 0 Å². The van der Waals surface area contributed by atoms with E-state index in [1.807, 2.05) is 17.2 Å². The normalized spacial score (nSPS) is 22.0. The van der Waals surface area contributed by atoms with Gasteiger partial charge in [-0.25, -0.2) is 4.98 Å². The van der Waals surface area contributed by atoms with Crippen molar-refractivity contribution in [2.45, 2.75) is 53.0 Å². The highest BCUT2D eigenvalue weighted by atomic mass is 32.1. The Morgan fingerprint density at radius 2 is 2.14 bits per heavy atom. The number of likely N-dealkylation sites (tertiary alicyclic amines) is 1. The highest BCUT2D eigenvalue weighted by Crippen LogP contribution is 2.34. The summed E-state index contributed by atoms with van der Waals surface area (Å²) in [5.74, 6) is 0.748. The monoisotopic (exact) mass is 309 g/mol. The number of aromatic nitrogens is 1. The lowest BCUT2D eigenvalue weighted by atomic mass is 9.77. The van der Waals surface area contributed by atoms with Crippen molar-refractivity contribution in [2.75, 3.05) is 13.1 Å². The molecule has 21 heavy (non-hydrogen) atoms. The van der Waals surface area contributed by atoms with Gasteiger partial charge in [0.25, 0.3) is 5.91 Å². The number of nitrogens with two attached hydrogens (primary N) is 1. The molecule has 0 aliphatic carbocycles. The fourth-order valence-corrected chi connectivity index (χ4v) is 3.67. The number of hydrogen-bond acceptors (Lipinski definition) is 4. The molecule has 0 spiro atoms. The average molecular weight is 309 g/mol. The quantitative estimate of drug-likeness (QED) is 0.910. The van der Waals surface area contributed by atoms with Crippen molar-refractivity contribution in [3.05, 3.63) is 16.1 Å². The van der Waals surface area contributed by atoms with Crippen LogP contribution in [-0.2, 0) is 0 Å². The van der Waals surface area contributed by atoms with E-state index >= 15 is 0 Å². The van der Waals surface area contributed by atoms with Crippen molar-refractivity contribution in [1.82, 2.24) is 9.88 Å². The molecule has 1 fully saturated rings. The van der Waals surface area contributed by atoms with Crippen LogP contribution < -0.4 is 5.73 Å². The van der Waals surface area contributed by atoms with Gasteiger partial charge in [0.1, 0.15) is 10.7 Å². The van der Waals surface area contributed by atoms with Gasteiger partial charge >= 0.3 is 0 Å². The van der Waals surface area contributed by atoms with Crippen LogP contribution in [0.1, 0.15) is 68.5 Å². The molecule has 2 rings (SSSR count). The minimum atomic E-state index is -0.106. The molecule has 0 bridgehead atoms. The molecule has 118 valence electrons. The fraction of sp³-hybridized carbons (Fsp3) is 0.750. The highest BCUT2D eigenvalue weighted by molar-refractivity contribution is 7.09. The molecule has 0 aromatic carbocycles. The Labute approximate surface area is 131 Å². The summed E-state index contributed by atoms with van der Waals surface area (Å²) >= 11 is 1.48. The summed E-state index contributed by atoms with van der Waals surface area (Å²) < 4.78 is 0. The van der Waals surface area contributed by atoms with E-state index in [2.05, 4.69) is 25.8 Å². The van der Waals surface area contributed by atoms with Gasteiger partial charge in [-0.1, -0.05) is 20.8 Å². The summed E-state index contributed by atoms with van der Waals surface area (Å²) in [6.45, 7) is 10.5. The van der Waals surface area contributed by atoms with Crippen LogP contribution >= 0.6 is 11.3 Å². The number of carbonyl (C=O) groups excluding carboxylic acids is 1. The van der Waals surface area contributed by atoms with Crippen LogP contribution in [0.15, 0.2) is 5.38 Å². The van der Waals surface area contributed by atoms with E-state index in [0.717, 1.165) is 30.9 Å². The summed E-state index contributed by atoms with van der Waals surface area (Å²) in [4.78, 5) is 18.9. The summed E-state index contributed by atoms with van der Waals surface area (Å²) in [5, 5.41) is 2.67. The Morgan fingerprint density at radius 3 is 2.71 bits per heavy atom. The lowest BCUT2D eigenvalue weighted by Gasteiger charge is -2.29. The first-order chi connectivity index (χ1) is 9.79. The zero-order valence-corrected chi connectivity index (χ0v) is 14.4. The topological polar surface area (TPSA) is 59.2 Å². The van der Waals surface area contributed by atoms with E-state index in [0.29, 0.717) is 17.0 Å². The van der Waals surface area contributed by atoms with Gasteiger partial charge in [0.2, 0.25) is 0 Å². The zero-order valence-electron chi connectivity index (χ0n) is 13.6. The molecule has 4 nitrogen and oxygen atoms in total. The predicted molar refractivity (Wildman–Crippen MR) is 87.4 cm³/mol. The molecule has 1 aliphatic heterocycles. The first-order valence-corrected chi connectivity index (χ1v) is 8.67. The molecule has 0 radical (unpaired) electrons. The van der Waals surface area contributed by atoms with Gasteiger partial charge < -0.3 is 10.6 Å². The number of nitrogens with zero attached hydrogens (tertiary/aromatic N) is 2. The molecule has 2 atom stereocenters. The lowest BCUT2D eigenvalue weighted by molar-refractivity contribution is 0.0750. The first kappa shape index (κ1) is 16.4. The largest absolute Gasteiger partial charge is 0.337 e. The Morgan fingerprint density at radius 1 is 1.43 bits per heavy atom. The second-order valence-electron chi connectivity index (χ2n) is 7.15. The van der Waals surface area contributed by atoms with E-state index in [-0.39, 0.29) is 11.9 Å². The number of thiazole rings is 1. The summed E-state index contributed by atoms with van der Waals surface area (Å²) in [6.07, 6.45) is 3.37. The minimum absolute atomic E-state index is 0.0627. The van der Waals surface area contributed by atoms with Gasteiger partial charge in [0.15, 0.2) is 0 Å². The smallest absolute Gasteiger partial charge is 0.273 e. The summed E-state index contributed by atoms with van der Waals surface area (Å²) in [6, 6.07) is -0.106. The van der Waals surface area contributed by atoms with Crippen molar-refractivity contribution >= 4 is 17.2 Å². The van der Waals surface area contributed by atoms with Gasteiger partial charge in [0, 0.05) is 18.5 Å². The van der Waals surface area contributed by atoms with Crippen LogP contribution in [-0.4, -0.2) is 28.9 Å². The van der Waals surface area contributed by atoms with Crippen molar-refractivity contribution in [3.8, 4) is 0 Å². The Hall–Kier alpha value is -0.940. The van der Waals surface area contributed by atoms with E-state index in [4.69, 9.17) is 5.73 Å². The minimum Gasteiger partial charge on any atom is -0.337 e. The number of hydrogen-bond donors (Lipinski definition) is 1. The number of amides is 1. The van der Waals surface area contributed by atoms with Crippen molar-refractivity contribution in [3.63, 3.8) is 0 Å². The standard InChI is InChI=1S/C16H27N3OS/c1-11(17)14-18-13(10-21-14)15(20)19-8-5-6-12(7-9-19)16(2,3)4/h10-12H,5-9,17H2,1-4H3. The first-order valence-electron chi connectivity index (χ1n) is 7.79. The van der Waals surface area contributed by atoms with Gasteiger partial charge in [-0.05, 0) is 37.5 Å². The third kappa shape index (κ3) is 4.04. The van der Waals surface area contributed by atoms with Crippen LogP contribution in [0.2, 0.25) is 0 Å². The molecular weight excluding hydrogens is 282 g/mol. The van der Waals surface area contributed by atoms with E-state index in [1.165, 1.54) is 17.8 Å². The highest BCUT2D eigenvalue weighted by Gasteiger charge is 2.29. The molecule has 1 aliphatic rings. The SMILES string of the molecule is CC(N)c1nc(C(=O)N2CCCC(C(C)(C)C)CC2)cs1. The zero-order chi connectivity index (χ0) is 15.6. The number of rotatable bonds is 2. The molecule has 1 aromatic rings. The Kier molecular flexibility index (Phi) is 5.04. The van der Waals surface area contributed by atoms with Gasteiger partial charge in [0.05, 0.1) is 6.04 Å². The Balaban J connectivity index is 2.03.